The molecule has 0 spiro atoms. The molecule has 2 aromatic heterocycles. The predicted molar refractivity (Wildman–Crippen MR) is 51.4 cm³/mol. The summed E-state index contributed by atoms with van der Waals surface area (Å²) in [5, 5.41) is 12.1. The van der Waals surface area contributed by atoms with Gasteiger partial charge in [0, 0.05) is 12.3 Å². The van der Waals surface area contributed by atoms with Crippen LogP contribution in [0.5, 0.6) is 0 Å². The largest absolute Gasteiger partial charge is 0.476 e. The minimum absolute atomic E-state index is 0.117. The van der Waals surface area contributed by atoms with E-state index in [0.717, 1.165) is 5.56 Å². The maximum atomic E-state index is 10.6. The van der Waals surface area contributed by atoms with Crippen molar-refractivity contribution in [2.45, 2.75) is 6.92 Å². The predicted octanol–water partition coefficient (Wildman–Crippen LogP) is 1.74. The third-order valence-corrected chi connectivity index (χ3v) is 1.90. The average molecular weight is 204 g/mol. The summed E-state index contributed by atoms with van der Waals surface area (Å²) in [6.45, 7) is 1.92. The molecule has 0 unspecified atom stereocenters. The second-order valence-electron chi connectivity index (χ2n) is 3.10. The van der Waals surface area contributed by atoms with Crippen molar-refractivity contribution in [1.29, 1.82) is 0 Å². The molecule has 0 aliphatic heterocycles. The van der Waals surface area contributed by atoms with Crippen LogP contribution in [0.3, 0.4) is 0 Å². The molecule has 2 heterocycles. The smallest absolute Gasteiger partial charge is 0.358 e. The minimum atomic E-state index is -1.11. The van der Waals surface area contributed by atoms with E-state index in [1.807, 2.05) is 13.0 Å². The third kappa shape index (κ3) is 1.85. The van der Waals surface area contributed by atoms with Crippen molar-refractivity contribution in [3.63, 3.8) is 0 Å². The Morgan fingerprint density at radius 1 is 1.47 bits per heavy atom. The van der Waals surface area contributed by atoms with E-state index in [-0.39, 0.29) is 5.69 Å². The number of rotatable bonds is 2. The van der Waals surface area contributed by atoms with E-state index in [1.54, 1.807) is 12.3 Å². The van der Waals surface area contributed by atoms with Gasteiger partial charge < -0.3 is 9.63 Å². The molecule has 1 N–H and O–H groups in total. The lowest BCUT2D eigenvalue weighted by Crippen LogP contribution is -1.94. The van der Waals surface area contributed by atoms with Gasteiger partial charge in [-0.2, -0.15) is 0 Å². The molecule has 0 aromatic carbocycles. The van der Waals surface area contributed by atoms with E-state index >= 15 is 0 Å². The van der Waals surface area contributed by atoms with Crippen LogP contribution in [0.25, 0.3) is 11.5 Å². The SMILES string of the molecule is Cc1ccnc(-c2cc(C(=O)O)no2)c1. The van der Waals surface area contributed by atoms with Crippen LogP contribution in [-0.2, 0) is 0 Å². The number of hydrogen-bond acceptors (Lipinski definition) is 4. The highest BCUT2D eigenvalue weighted by molar-refractivity contribution is 5.86. The van der Waals surface area contributed by atoms with Gasteiger partial charge in [0.25, 0.3) is 0 Å². The van der Waals surface area contributed by atoms with Gasteiger partial charge in [-0.3, -0.25) is 4.98 Å². The molecule has 15 heavy (non-hydrogen) atoms. The molecule has 5 nitrogen and oxygen atoms in total. The first-order valence-electron chi connectivity index (χ1n) is 4.30. The number of pyridine rings is 1. The van der Waals surface area contributed by atoms with Crippen LogP contribution in [0.2, 0.25) is 0 Å². The number of hydrogen-bond donors (Lipinski definition) is 1. The topological polar surface area (TPSA) is 76.2 Å². The van der Waals surface area contributed by atoms with Gasteiger partial charge in [-0.15, -0.1) is 0 Å². The number of aryl methyl sites for hydroxylation is 1. The Bertz CT molecular complexity index is 505. The van der Waals surface area contributed by atoms with Crippen molar-refractivity contribution >= 4 is 5.97 Å². The quantitative estimate of drug-likeness (QED) is 0.806. The molecule has 2 aromatic rings. The zero-order chi connectivity index (χ0) is 10.8. The normalized spacial score (nSPS) is 10.2. The lowest BCUT2D eigenvalue weighted by molar-refractivity contribution is 0.0686. The number of aromatic carboxylic acids is 1. The Kier molecular flexibility index (Phi) is 2.21. The van der Waals surface area contributed by atoms with Crippen LogP contribution in [-0.4, -0.2) is 21.2 Å². The van der Waals surface area contributed by atoms with Crippen molar-refractivity contribution in [3.05, 3.63) is 35.7 Å². The third-order valence-electron chi connectivity index (χ3n) is 1.90. The zero-order valence-corrected chi connectivity index (χ0v) is 7.97. The summed E-state index contributed by atoms with van der Waals surface area (Å²) in [5.74, 6) is -0.756. The van der Waals surface area contributed by atoms with Gasteiger partial charge in [0.15, 0.2) is 11.5 Å². The maximum absolute atomic E-state index is 10.6. The molecule has 0 saturated heterocycles. The fraction of sp³-hybridized carbons (Fsp3) is 0.100. The van der Waals surface area contributed by atoms with Crippen molar-refractivity contribution in [3.8, 4) is 11.5 Å². The highest BCUT2D eigenvalue weighted by Gasteiger charge is 2.12. The number of carbonyl (C=O) groups is 1. The first-order valence-corrected chi connectivity index (χ1v) is 4.30. The van der Waals surface area contributed by atoms with Gasteiger partial charge >= 0.3 is 5.97 Å². The molecule has 0 aliphatic rings. The van der Waals surface area contributed by atoms with Crippen LogP contribution >= 0.6 is 0 Å². The van der Waals surface area contributed by atoms with Crippen LogP contribution in [0.1, 0.15) is 16.1 Å². The lowest BCUT2D eigenvalue weighted by Gasteiger charge is -1.94. The first-order chi connectivity index (χ1) is 7.16. The summed E-state index contributed by atoms with van der Waals surface area (Å²) in [4.78, 5) is 14.6. The Morgan fingerprint density at radius 2 is 2.27 bits per heavy atom. The van der Waals surface area contributed by atoms with Crippen molar-refractivity contribution in [2.75, 3.05) is 0 Å². The lowest BCUT2D eigenvalue weighted by atomic mass is 10.2. The highest BCUT2D eigenvalue weighted by Crippen LogP contribution is 2.18. The van der Waals surface area contributed by atoms with E-state index in [4.69, 9.17) is 9.63 Å². The Hall–Kier alpha value is -2.17. The zero-order valence-electron chi connectivity index (χ0n) is 7.97. The minimum Gasteiger partial charge on any atom is -0.476 e. The van der Waals surface area contributed by atoms with Gasteiger partial charge in [-0.1, -0.05) is 5.16 Å². The number of aromatic nitrogens is 2. The van der Waals surface area contributed by atoms with Gasteiger partial charge in [-0.25, -0.2) is 4.79 Å². The molecule has 0 atom stereocenters. The second kappa shape index (κ2) is 3.53. The molecular formula is C10H8N2O3. The van der Waals surface area contributed by atoms with Gasteiger partial charge in [0.1, 0.15) is 5.69 Å². The molecule has 2 rings (SSSR count). The second-order valence-corrected chi connectivity index (χ2v) is 3.10. The molecule has 0 radical (unpaired) electrons. The van der Waals surface area contributed by atoms with E-state index in [1.165, 1.54) is 6.07 Å². The number of nitrogens with zero attached hydrogens (tertiary/aromatic N) is 2. The molecule has 0 bridgehead atoms. The average Bonchev–Trinajstić information content (AvgIpc) is 2.66. The molecule has 0 saturated carbocycles. The number of carboxylic acids is 1. The van der Waals surface area contributed by atoms with Crippen molar-refractivity contribution in [1.82, 2.24) is 10.1 Å². The van der Waals surface area contributed by atoms with Gasteiger partial charge in [0.05, 0.1) is 0 Å². The Morgan fingerprint density at radius 3 is 2.87 bits per heavy atom. The Labute approximate surface area is 85.4 Å². The van der Waals surface area contributed by atoms with Crippen LogP contribution in [0.4, 0.5) is 0 Å². The van der Waals surface area contributed by atoms with Crippen LogP contribution < -0.4 is 0 Å². The molecular weight excluding hydrogens is 196 g/mol. The fourth-order valence-electron chi connectivity index (χ4n) is 1.17. The summed E-state index contributed by atoms with van der Waals surface area (Å²) in [7, 11) is 0. The monoisotopic (exact) mass is 204 g/mol. The van der Waals surface area contributed by atoms with E-state index in [2.05, 4.69) is 10.1 Å². The summed E-state index contributed by atoms with van der Waals surface area (Å²) in [5.41, 5.74) is 1.48. The summed E-state index contributed by atoms with van der Waals surface area (Å²) < 4.78 is 4.87. The maximum Gasteiger partial charge on any atom is 0.358 e. The van der Waals surface area contributed by atoms with Gasteiger partial charge in [0.2, 0.25) is 0 Å². The van der Waals surface area contributed by atoms with Gasteiger partial charge in [-0.05, 0) is 24.6 Å². The van der Waals surface area contributed by atoms with E-state index < -0.39 is 5.97 Å². The molecule has 0 aliphatic carbocycles. The molecule has 0 fully saturated rings. The fourth-order valence-corrected chi connectivity index (χ4v) is 1.17. The van der Waals surface area contributed by atoms with Crippen LogP contribution in [0, 0.1) is 6.92 Å². The van der Waals surface area contributed by atoms with Crippen molar-refractivity contribution < 1.29 is 14.4 Å². The van der Waals surface area contributed by atoms with Crippen molar-refractivity contribution in [2.24, 2.45) is 0 Å². The Balaban J connectivity index is 2.41. The molecule has 76 valence electrons. The highest BCUT2D eigenvalue weighted by atomic mass is 16.5. The van der Waals surface area contributed by atoms with Crippen LogP contribution in [0.15, 0.2) is 28.9 Å². The standard InChI is InChI=1S/C10H8N2O3/c1-6-2-3-11-7(4-6)9-5-8(10(13)14)12-15-9/h2-5H,1H3,(H,13,14). The molecule has 5 heteroatoms. The van der Waals surface area contributed by atoms with E-state index in [9.17, 15) is 4.79 Å². The summed E-state index contributed by atoms with van der Waals surface area (Å²) in [6.07, 6.45) is 1.63. The first kappa shape index (κ1) is 9.39. The number of carboxylic acid groups (broad SMARTS) is 1. The summed E-state index contributed by atoms with van der Waals surface area (Å²) >= 11 is 0. The summed E-state index contributed by atoms with van der Waals surface area (Å²) in [6, 6.07) is 4.99. The molecule has 0 amide bonds. The van der Waals surface area contributed by atoms with E-state index in [0.29, 0.717) is 11.5 Å².